The molecule has 1 aromatic heterocycles. The number of benzene rings is 1. The van der Waals surface area contributed by atoms with Crippen molar-refractivity contribution in [3.8, 4) is 11.4 Å². The van der Waals surface area contributed by atoms with E-state index in [4.69, 9.17) is 23.2 Å². The Labute approximate surface area is 108 Å². The second kappa shape index (κ2) is 4.59. The quantitative estimate of drug-likeness (QED) is 0.726. The first-order valence-corrected chi connectivity index (χ1v) is 5.71. The number of halogens is 3. The average Bonchev–Trinajstić information content (AvgIpc) is 2.25. The summed E-state index contributed by atoms with van der Waals surface area (Å²) in [6, 6.07) is 5.78. The highest BCUT2D eigenvalue weighted by atomic mass is 35.5. The Bertz CT molecular complexity index is 562. The van der Waals surface area contributed by atoms with Gasteiger partial charge >= 0.3 is 0 Å². The van der Waals surface area contributed by atoms with E-state index in [2.05, 4.69) is 9.97 Å². The van der Waals surface area contributed by atoms with E-state index in [-0.39, 0.29) is 10.3 Å². The number of nitrogens with zero attached hydrogens (tertiary/aromatic N) is 2. The fourth-order valence-electron chi connectivity index (χ4n) is 1.58. The van der Waals surface area contributed by atoms with Gasteiger partial charge in [0.2, 0.25) is 0 Å². The molecule has 2 aromatic rings. The van der Waals surface area contributed by atoms with Gasteiger partial charge in [0.15, 0.2) is 21.9 Å². The Morgan fingerprint density at radius 2 is 1.65 bits per heavy atom. The Hall–Kier alpha value is -1.19. The van der Waals surface area contributed by atoms with Gasteiger partial charge in [0.1, 0.15) is 0 Å². The van der Waals surface area contributed by atoms with E-state index in [1.165, 1.54) is 0 Å². The van der Waals surface area contributed by atoms with Crippen molar-refractivity contribution in [3.63, 3.8) is 0 Å². The van der Waals surface area contributed by atoms with Gasteiger partial charge in [-0.15, -0.1) is 0 Å². The molecule has 1 aromatic carbocycles. The monoisotopic (exact) mass is 270 g/mol. The minimum Gasteiger partial charge on any atom is -0.213 e. The summed E-state index contributed by atoms with van der Waals surface area (Å²) in [5, 5.41) is -0.528. The highest BCUT2D eigenvalue weighted by molar-refractivity contribution is 6.33. The minimum absolute atomic E-state index is 0.264. The Balaban J connectivity index is 2.61. The van der Waals surface area contributed by atoms with Crippen molar-refractivity contribution in [1.82, 2.24) is 9.97 Å². The second-order valence-corrected chi connectivity index (χ2v) is 4.48. The van der Waals surface area contributed by atoms with Crippen molar-refractivity contribution in [1.29, 1.82) is 0 Å². The molecule has 0 radical (unpaired) electrons. The van der Waals surface area contributed by atoms with E-state index >= 15 is 0 Å². The predicted molar refractivity (Wildman–Crippen MR) is 66.9 cm³/mol. The molecule has 0 unspecified atom stereocenters. The molecule has 2 nitrogen and oxygen atoms in total. The predicted octanol–water partition coefficient (Wildman–Crippen LogP) is 4.21. The van der Waals surface area contributed by atoms with E-state index in [1.54, 1.807) is 0 Å². The lowest BCUT2D eigenvalue weighted by molar-refractivity contribution is 0.615. The van der Waals surface area contributed by atoms with E-state index < -0.39 is 5.82 Å². The van der Waals surface area contributed by atoms with Crippen LogP contribution in [0.1, 0.15) is 11.1 Å². The number of hydrogen-bond acceptors (Lipinski definition) is 2. The summed E-state index contributed by atoms with van der Waals surface area (Å²) in [6.45, 7) is 3.92. The van der Waals surface area contributed by atoms with Crippen molar-refractivity contribution >= 4 is 23.2 Å². The first kappa shape index (κ1) is 12.3. The van der Waals surface area contributed by atoms with Crippen LogP contribution in [0.3, 0.4) is 0 Å². The third kappa shape index (κ3) is 2.40. The zero-order chi connectivity index (χ0) is 12.6. The molecule has 2 rings (SSSR count). The minimum atomic E-state index is -0.790. The maximum absolute atomic E-state index is 13.2. The highest BCUT2D eigenvalue weighted by Gasteiger charge is 2.13. The number of aryl methyl sites for hydroxylation is 2. The van der Waals surface area contributed by atoms with E-state index in [1.807, 2.05) is 32.0 Å². The maximum atomic E-state index is 13.2. The molecule has 5 heteroatoms. The van der Waals surface area contributed by atoms with Gasteiger partial charge in [0.25, 0.3) is 0 Å². The zero-order valence-corrected chi connectivity index (χ0v) is 10.8. The van der Waals surface area contributed by atoms with Crippen LogP contribution in [0.25, 0.3) is 11.4 Å². The van der Waals surface area contributed by atoms with Crippen molar-refractivity contribution in [2.75, 3.05) is 0 Å². The maximum Gasteiger partial charge on any atom is 0.197 e. The Morgan fingerprint density at radius 1 is 1.06 bits per heavy atom. The van der Waals surface area contributed by atoms with Crippen LogP contribution in [-0.2, 0) is 0 Å². The highest BCUT2D eigenvalue weighted by Crippen LogP contribution is 2.26. The zero-order valence-electron chi connectivity index (χ0n) is 9.26. The van der Waals surface area contributed by atoms with Gasteiger partial charge in [0.05, 0.1) is 0 Å². The molecular formula is C12H9Cl2FN2. The standard InChI is InChI=1S/C12H9Cl2FN2/c1-6-3-4-8(7(2)5-6)12-16-10(13)9(15)11(14)17-12/h3-5H,1-2H3. The summed E-state index contributed by atoms with van der Waals surface area (Å²) in [4.78, 5) is 7.78. The smallest absolute Gasteiger partial charge is 0.197 e. The second-order valence-electron chi connectivity index (χ2n) is 3.76. The lowest BCUT2D eigenvalue weighted by atomic mass is 10.1. The molecule has 88 valence electrons. The summed E-state index contributed by atoms with van der Waals surface area (Å²) in [5.74, 6) is -0.458. The van der Waals surface area contributed by atoms with Gasteiger partial charge in [-0.25, -0.2) is 14.4 Å². The van der Waals surface area contributed by atoms with E-state index in [9.17, 15) is 4.39 Å². The molecule has 0 saturated heterocycles. The van der Waals surface area contributed by atoms with Gasteiger partial charge < -0.3 is 0 Å². The molecule has 0 N–H and O–H groups in total. The average molecular weight is 271 g/mol. The van der Waals surface area contributed by atoms with Crippen molar-refractivity contribution in [2.24, 2.45) is 0 Å². The Kier molecular flexibility index (Phi) is 3.31. The molecule has 0 spiro atoms. The Morgan fingerprint density at radius 3 is 2.18 bits per heavy atom. The van der Waals surface area contributed by atoms with E-state index in [0.29, 0.717) is 5.82 Å². The third-order valence-corrected chi connectivity index (χ3v) is 2.89. The van der Waals surface area contributed by atoms with Crippen LogP contribution in [0.2, 0.25) is 10.3 Å². The van der Waals surface area contributed by atoms with Gasteiger partial charge in [-0.2, -0.15) is 0 Å². The van der Waals surface area contributed by atoms with Crippen molar-refractivity contribution in [2.45, 2.75) is 13.8 Å². The summed E-state index contributed by atoms with van der Waals surface area (Å²) >= 11 is 11.3. The lowest BCUT2D eigenvalue weighted by Crippen LogP contribution is -1.96. The topological polar surface area (TPSA) is 25.8 Å². The van der Waals surface area contributed by atoms with Crippen LogP contribution < -0.4 is 0 Å². The largest absolute Gasteiger partial charge is 0.213 e. The lowest BCUT2D eigenvalue weighted by Gasteiger charge is -2.06. The first-order valence-electron chi connectivity index (χ1n) is 4.95. The van der Waals surface area contributed by atoms with Crippen molar-refractivity contribution in [3.05, 3.63) is 45.4 Å². The number of aromatic nitrogens is 2. The fraction of sp³-hybridized carbons (Fsp3) is 0.167. The third-order valence-electron chi connectivity index (χ3n) is 2.39. The van der Waals surface area contributed by atoms with Crippen LogP contribution in [0.15, 0.2) is 18.2 Å². The molecule has 0 aliphatic heterocycles. The molecular weight excluding hydrogens is 262 g/mol. The fourth-order valence-corrected chi connectivity index (χ4v) is 1.97. The van der Waals surface area contributed by atoms with Gasteiger partial charge in [0, 0.05) is 5.56 Å². The normalized spacial score (nSPS) is 10.6. The summed E-state index contributed by atoms with van der Waals surface area (Å²) in [7, 11) is 0. The van der Waals surface area contributed by atoms with Crippen LogP contribution in [0.4, 0.5) is 4.39 Å². The summed E-state index contributed by atoms with van der Waals surface area (Å²) in [5.41, 5.74) is 2.91. The number of hydrogen-bond donors (Lipinski definition) is 0. The van der Waals surface area contributed by atoms with Crippen LogP contribution in [0, 0.1) is 19.7 Å². The molecule has 0 fully saturated rings. The SMILES string of the molecule is Cc1ccc(-c2nc(Cl)c(F)c(Cl)n2)c(C)c1. The summed E-state index contributed by atoms with van der Waals surface area (Å²) in [6.07, 6.45) is 0. The molecule has 0 aliphatic rings. The van der Waals surface area contributed by atoms with Crippen molar-refractivity contribution < 1.29 is 4.39 Å². The van der Waals surface area contributed by atoms with Gasteiger partial charge in [-0.05, 0) is 19.4 Å². The molecule has 0 bridgehead atoms. The molecule has 0 amide bonds. The summed E-state index contributed by atoms with van der Waals surface area (Å²) < 4.78 is 13.2. The molecule has 0 saturated carbocycles. The molecule has 1 heterocycles. The molecule has 0 aliphatic carbocycles. The molecule has 17 heavy (non-hydrogen) atoms. The van der Waals surface area contributed by atoms with Crippen LogP contribution in [-0.4, -0.2) is 9.97 Å². The number of rotatable bonds is 1. The molecule has 0 atom stereocenters. The van der Waals surface area contributed by atoms with Gasteiger partial charge in [-0.3, -0.25) is 0 Å². The van der Waals surface area contributed by atoms with Crippen LogP contribution in [0.5, 0.6) is 0 Å². The first-order chi connectivity index (χ1) is 7.99. The van der Waals surface area contributed by atoms with Gasteiger partial charge in [-0.1, -0.05) is 47.0 Å². The van der Waals surface area contributed by atoms with E-state index in [0.717, 1.165) is 16.7 Å². The van der Waals surface area contributed by atoms with Crippen LogP contribution >= 0.6 is 23.2 Å².